The van der Waals surface area contributed by atoms with Crippen LogP contribution in [0.2, 0.25) is 0 Å². The van der Waals surface area contributed by atoms with Crippen molar-refractivity contribution in [2.24, 2.45) is 5.92 Å². The quantitative estimate of drug-likeness (QED) is 0.765. The Morgan fingerprint density at radius 2 is 2.05 bits per heavy atom. The molecule has 0 radical (unpaired) electrons. The summed E-state index contributed by atoms with van der Waals surface area (Å²) in [4.78, 5) is 10.9. The van der Waals surface area contributed by atoms with Crippen LogP contribution in [0.4, 0.5) is 0 Å². The normalized spacial score (nSPS) is 12.2. The molecule has 1 unspecified atom stereocenters. The Kier molecular flexibility index (Phi) is 6.31. The van der Waals surface area contributed by atoms with Gasteiger partial charge in [0.15, 0.2) is 6.10 Å². The van der Waals surface area contributed by atoms with Crippen molar-refractivity contribution in [2.75, 3.05) is 13.7 Å². The van der Waals surface area contributed by atoms with Crippen LogP contribution in [0.1, 0.15) is 26.3 Å². The summed E-state index contributed by atoms with van der Waals surface area (Å²) < 4.78 is 10.6. The lowest BCUT2D eigenvalue weighted by Gasteiger charge is -2.16. The predicted octanol–water partition coefficient (Wildman–Crippen LogP) is 2.29. The number of benzene rings is 1. The van der Waals surface area contributed by atoms with E-state index < -0.39 is 12.1 Å². The summed E-state index contributed by atoms with van der Waals surface area (Å²) in [6.45, 7) is 7.28. The number of hydrogen-bond acceptors (Lipinski definition) is 4. The second kappa shape index (κ2) is 7.75. The van der Waals surface area contributed by atoms with Gasteiger partial charge in [0, 0.05) is 18.2 Å². The second-order valence-electron chi connectivity index (χ2n) is 5.10. The Bertz CT molecular complexity index is 445. The molecule has 20 heavy (non-hydrogen) atoms. The maximum Gasteiger partial charge on any atom is 0.344 e. The van der Waals surface area contributed by atoms with Crippen molar-refractivity contribution in [3.8, 4) is 11.5 Å². The standard InChI is InChI=1S/C15H23NO4/c1-10(2)8-16-9-12-5-6-13(19-4)7-14(12)20-11(3)15(17)18/h5-7,10-11,16H,8-9H2,1-4H3,(H,17,18). The van der Waals surface area contributed by atoms with Crippen LogP contribution in [-0.4, -0.2) is 30.8 Å². The van der Waals surface area contributed by atoms with Crippen molar-refractivity contribution in [1.29, 1.82) is 0 Å². The fourth-order valence-corrected chi connectivity index (χ4v) is 1.65. The summed E-state index contributed by atoms with van der Waals surface area (Å²) in [5.41, 5.74) is 0.916. The van der Waals surface area contributed by atoms with Gasteiger partial charge >= 0.3 is 5.97 Å². The van der Waals surface area contributed by atoms with E-state index in [1.165, 1.54) is 6.92 Å². The molecule has 0 amide bonds. The molecule has 5 heteroatoms. The molecule has 0 bridgehead atoms. The fourth-order valence-electron chi connectivity index (χ4n) is 1.65. The molecule has 0 spiro atoms. The van der Waals surface area contributed by atoms with Gasteiger partial charge in [-0.15, -0.1) is 0 Å². The van der Waals surface area contributed by atoms with Crippen molar-refractivity contribution >= 4 is 5.97 Å². The average molecular weight is 281 g/mol. The first-order valence-electron chi connectivity index (χ1n) is 6.71. The lowest BCUT2D eigenvalue weighted by atomic mass is 10.1. The second-order valence-corrected chi connectivity index (χ2v) is 5.10. The van der Waals surface area contributed by atoms with E-state index in [9.17, 15) is 4.79 Å². The van der Waals surface area contributed by atoms with E-state index in [0.29, 0.717) is 24.0 Å². The van der Waals surface area contributed by atoms with Crippen molar-refractivity contribution in [3.05, 3.63) is 23.8 Å². The van der Waals surface area contributed by atoms with Gasteiger partial charge in [-0.05, 0) is 25.5 Å². The monoisotopic (exact) mass is 281 g/mol. The Morgan fingerprint density at radius 1 is 1.35 bits per heavy atom. The highest BCUT2D eigenvalue weighted by molar-refractivity contribution is 5.72. The van der Waals surface area contributed by atoms with E-state index in [4.69, 9.17) is 14.6 Å². The molecule has 1 aromatic rings. The lowest BCUT2D eigenvalue weighted by molar-refractivity contribution is -0.144. The first-order valence-corrected chi connectivity index (χ1v) is 6.71. The third kappa shape index (κ3) is 5.09. The number of carbonyl (C=O) groups is 1. The van der Waals surface area contributed by atoms with E-state index in [2.05, 4.69) is 19.2 Å². The molecule has 0 aliphatic rings. The van der Waals surface area contributed by atoms with Crippen LogP contribution in [0.5, 0.6) is 11.5 Å². The Hall–Kier alpha value is -1.75. The molecule has 1 atom stereocenters. The van der Waals surface area contributed by atoms with E-state index in [1.54, 1.807) is 13.2 Å². The molecule has 0 saturated heterocycles. The molecule has 0 aliphatic carbocycles. The SMILES string of the molecule is COc1ccc(CNCC(C)C)c(OC(C)C(=O)O)c1. The lowest BCUT2D eigenvalue weighted by Crippen LogP contribution is -2.24. The number of hydrogen-bond donors (Lipinski definition) is 2. The van der Waals surface area contributed by atoms with E-state index in [1.807, 2.05) is 12.1 Å². The van der Waals surface area contributed by atoms with Gasteiger partial charge in [-0.25, -0.2) is 4.79 Å². The van der Waals surface area contributed by atoms with Gasteiger partial charge in [0.25, 0.3) is 0 Å². The van der Waals surface area contributed by atoms with E-state index in [-0.39, 0.29) is 0 Å². The number of methoxy groups -OCH3 is 1. The Balaban J connectivity index is 2.83. The zero-order chi connectivity index (χ0) is 15.1. The molecule has 0 fully saturated rings. The molecular formula is C15H23NO4. The first kappa shape index (κ1) is 16.3. The van der Waals surface area contributed by atoms with Crippen LogP contribution in [0.3, 0.4) is 0 Å². The van der Waals surface area contributed by atoms with Gasteiger partial charge in [0.2, 0.25) is 0 Å². The van der Waals surface area contributed by atoms with Crippen molar-refractivity contribution in [2.45, 2.75) is 33.4 Å². The molecule has 2 N–H and O–H groups in total. The van der Waals surface area contributed by atoms with Crippen molar-refractivity contribution < 1.29 is 19.4 Å². The summed E-state index contributed by atoms with van der Waals surface area (Å²) in [7, 11) is 1.57. The number of aliphatic carboxylic acids is 1. The van der Waals surface area contributed by atoms with Crippen LogP contribution in [-0.2, 0) is 11.3 Å². The molecule has 0 aromatic heterocycles. The van der Waals surface area contributed by atoms with E-state index >= 15 is 0 Å². The molecule has 1 aromatic carbocycles. The molecular weight excluding hydrogens is 258 g/mol. The van der Waals surface area contributed by atoms with Gasteiger partial charge in [-0.3, -0.25) is 0 Å². The van der Waals surface area contributed by atoms with Gasteiger partial charge < -0.3 is 19.9 Å². The van der Waals surface area contributed by atoms with Gasteiger partial charge in [0.1, 0.15) is 11.5 Å². The smallest absolute Gasteiger partial charge is 0.344 e. The van der Waals surface area contributed by atoms with Crippen LogP contribution < -0.4 is 14.8 Å². The predicted molar refractivity (Wildman–Crippen MR) is 77.3 cm³/mol. The molecule has 5 nitrogen and oxygen atoms in total. The van der Waals surface area contributed by atoms with Crippen molar-refractivity contribution in [3.63, 3.8) is 0 Å². The minimum absolute atomic E-state index is 0.538. The molecule has 0 heterocycles. The average Bonchev–Trinajstić information content (AvgIpc) is 2.39. The molecule has 0 aliphatic heterocycles. The number of ether oxygens (including phenoxy) is 2. The highest BCUT2D eigenvalue weighted by Crippen LogP contribution is 2.26. The van der Waals surface area contributed by atoms with Gasteiger partial charge in [-0.1, -0.05) is 19.9 Å². The number of carboxylic acid groups (broad SMARTS) is 1. The van der Waals surface area contributed by atoms with Gasteiger partial charge in [-0.2, -0.15) is 0 Å². The minimum Gasteiger partial charge on any atom is -0.497 e. The van der Waals surface area contributed by atoms with Crippen LogP contribution in [0.25, 0.3) is 0 Å². The first-order chi connectivity index (χ1) is 9.43. The maximum absolute atomic E-state index is 10.9. The number of rotatable bonds is 8. The molecule has 112 valence electrons. The highest BCUT2D eigenvalue weighted by Gasteiger charge is 2.15. The number of nitrogens with one attached hydrogen (secondary N) is 1. The topological polar surface area (TPSA) is 67.8 Å². The third-order valence-electron chi connectivity index (χ3n) is 2.79. The summed E-state index contributed by atoms with van der Waals surface area (Å²) in [5, 5.41) is 12.3. The van der Waals surface area contributed by atoms with E-state index in [0.717, 1.165) is 12.1 Å². The number of carboxylic acids is 1. The van der Waals surface area contributed by atoms with Crippen LogP contribution >= 0.6 is 0 Å². The van der Waals surface area contributed by atoms with Crippen molar-refractivity contribution in [1.82, 2.24) is 5.32 Å². The third-order valence-corrected chi connectivity index (χ3v) is 2.79. The van der Waals surface area contributed by atoms with Crippen LogP contribution in [0, 0.1) is 5.92 Å². The summed E-state index contributed by atoms with van der Waals surface area (Å²) >= 11 is 0. The summed E-state index contributed by atoms with van der Waals surface area (Å²) in [5.74, 6) is 0.741. The molecule has 1 rings (SSSR count). The zero-order valence-corrected chi connectivity index (χ0v) is 12.5. The largest absolute Gasteiger partial charge is 0.497 e. The van der Waals surface area contributed by atoms with Crippen LogP contribution in [0.15, 0.2) is 18.2 Å². The Morgan fingerprint density at radius 3 is 2.60 bits per heavy atom. The Labute approximate surface area is 119 Å². The molecule has 0 saturated carbocycles. The zero-order valence-electron chi connectivity index (χ0n) is 12.5. The fraction of sp³-hybridized carbons (Fsp3) is 0.533. The summed E-state index contributed by atoms with van der Waals surface area (Å²) in [6.07, 6.45) is -0.897. The van der Waals surface area contributed by atoms with Gasteiger partial charge in [0.05, 0.1) is 7.11 Å². The maximum atomic E-state index is 10.9. The highest BCUT2D eigenvalue weighted by atomic mass is 16.5. The minimum atomic E-state index is -0.992. The summed E-state index contributed by atoms with van der Waals surface area (Å²) in [6, 6.07) is 5.44.